The Bertz CT molecular complexity index is 3310. The van der Waals surface area contributed by atoms with Crippen molar-refractivity contribution in [2.24, 2.45) is 0 Å². The number of ether oxygens (including phenoxy) is 2. The number of nitrogens with zero attached hydrogens (tertiary/aromatic N) is 6. The number of nitrogens with one attached hydrogen (secondary N) is 4. The first-order valence-corrected chi connectivity index (χ1v) is 20.1. The van der Waals surface area contributed by atoms with Gasteiger partial charge < -0.3 is 20.1 Å². The molecule has 10 aromatic rings. The third kappa shape index (κ3) is 7.33. The van der Waals surface area contributed by atoms with Crippen molar-refractivity contribution in [1.29, 1.82) is 0 Å². The maximum Gasteiger partial charge on any atom is 0.161 e. The van der Waals surface area contributed by atoms with E-state index in [9.17, 15) is 4.79 Å². The van der Waals surface area contributed by atoms with Crippen LogP contribution in [0.25, 0.3) is 78.0 Å². The predicted molar refractivity (Wildman–Crippen MR) is 247 cm³/mol. The Hall–Kier alpha value is -8.71. The van der Waals surface area contributed by atoms with Crippen LogP contribution in [-0.2, 0) is 0 Å². The fourth-order valence-corrected chi connectivity index (χ4v) is 7.87. The molecule has 13 nitrogen and oxygen atoms in total. The van der Waals surface area contributed by atoms with Gasteiger partial charge in [0.05, 0.1) is 36.4 Å². The second kappa shape index (κ2) is 16.4. The summed E-state index contributed by atoms with van der Waals surface area (Å²) in [5.74, 6) is 2.29. The molecule has 13 heteroatoms. The maximum atomic E-state index is 12.3. The molecule has 0 radical (unpaired) electrons. The van der Waals surface area contributed by atoms with Crippen molar-refractivity contribution in [3.63, 3.8) is 0 Å². The molecule has 0 aliphatic rings. The molecule has 0 bridgehead atoms. The third-order valence-corrected chi connectivity index (χ3v) is 10.9. The number of anilines is 4. The fourth-order valence-electron chi connectivity index (χ4n) is 7.87. The van der Waals surface area contributed by atoms with Crippen LogP contribution in [0.2, 0.25) is 0 Å². The topological polar surface area (TPSA) is 169 Å². The van der Waals surface area contributed by atoms with E-state index in [1.165, 1.54) is 12.7 Å². The van der Waals surface area contributed by atoms with Gasteiger partial charge in [-0.2, -0.15) is 10.2 Å². The van der Waals surface area contributed by atoms with Crippen LogP contribution >= 0.6 is 0 Å². The minimum atomic E-state index is -0.0400. The van der Waals surface area contributed by atoms with Crippen molar-refractivity contribution in [3.8, 4) is 67.4 Å². The molecule has 0 fully saturated rings. The van der Waals surface area contributed by atoms with E-state index < -0.39 is 0 Å². The van der Waals surface area contributed by atoms with Crippen molar-refractivity contribution >= 4 is 50.9 Å². The van der Waals surface area contributed by atoms with Gasteiger partial charge >= 0.3 is 0 Å². The van der Waals surface area contributed by atoms with E-state index in [1.807, 2.05) is 97.1 Å². The van der Waals surface area contributed by atoms with Crippen LogP contribution in [0.1, 0.15) is 17.3 Å². The zero-order valence-electron chi connectivity index (χ0n) is 34.3. The number of benzene rings is 6. The summed E-state index contributed by atoms with van der Waals surface area (Å²) in [5, 5.41) is 24.0. The van der Waals surface area contributed by atoms with Crippen molar-refractivity contribution in [2.75, 3.05) is 24.9 Å². The molecular weight excluding hydrogens is 789 g/mol. The number of ketones is 1. The molecule has 0 aliphatic carbocycles. The van der Waals surface area contributed by atoms with E-state index in [0.29, 0.717) is 67.8 Å². The van der Waals surface area contributed by atoms with E-state index in [0.717, 1.165) is 50.2 Å². The number of aromatic amines is 2. The molecule has 0 saturated heterocycles. The number of hydrogen-bond donors (Lipinski definition) is 4. The zero-order valence-corrected chi connectivity index (χ0v) is 34.3. The summed E-state index contributed by atoms with van der Waals surface area (Å²) in [6, 6.07) is 46.0. The van der Waals surface area contributed by atoms with Gasteiger partial charge in [0.2, 0.25) is 0 Å². The van der Waals surface area contributed by atoms with Gasteiger partial charge in [0.25, 0.3) is 0 Å². The molecule has 0 amide bonds. The van der Waals surface area contributed by atoms with Crippen LogP contribution < -0.4 is 20.1 Å². The Balaban J connectivity index is 1.08. The van der Waals surface area contributed by atoms with Gasteiger partial charge in [-0.05, 0) is 71.1 Å². The molecule has 0 spiro atoms. The summed E-state index contributed by atoms with van der Waals surface area (Å²) in [4.78, 5) is 30.7. The second-order valence-electron chi connectivity index (χ2n) is 14.8. The highest BCUT2D eigenvalue weighted by molar-refractivity contribution is 6.03. The zero-order chi connectivity index (χ0) is 42.9. The quantitative estimate of drug-likeness (QED) is 0.0865. The second-order valence-corrected chi connectivity index (χ2v) is 14.8. The molecule has 4 aromatic heterocycles. The molecule has 0 aliphatic heterocycles. The number of carbonyl (C=O) groups excluding carboxylic acids is 1. The van der Waals surface area contributed by atoms with Gasteiger partial charge in [-0.15, -0.1) is 0 Å². The van der Waals surface area contributed by atoms with E-state index >= 15 is 0 Å². The largest absolute Gasteiger partial charge is 0.495 e. The number of methoxy groups -OCH3 is 2. The highest BCUT2D eigenvalue weighted by Crippen LogP contribution is 2.44. The molecule has 4 heterocycles. The van der Waals surface area contributed by atoms with Crippen LogP contribution in [0.3, 0.4) is 0 Å². The minimum absolute atomic E-state index is 0.0400. The van der Waals surface area contributed by atoms with Crippen molar-refractivity contribution in [2.45, 2.75) is 6.92 Å². The summed E-state index contributed by atoms with van der Waals surface area (Å²) in [7, 11) is 3.30. The van der Waals surface area contributed by atoms with Crippen molar-refractivity contribution in [1.82, 2.24) is 40.3 Å². The standard InChI is InChI=1S/C50H38N10O3/c1-29(61)32-16-10-18-35(22-32)44-43-48(52-28-54-50(43)60-57-44)56-40-26-37(31-14-8-5-9-15-31)24-38(46(40)63-3)34-17-11-19-36(23-34)45-42-47(51-27-53-49(42)59-58-45)55-39-25-33(20-21-41(39)62-2)30-12-6-4-7-13-30/h4-28H,1-3H3,(H2,51,53,55,58,59)(H2,52,54,56,57,60). The minimum Gasteiger partial charge on any atom is -0.495 e. The number of aromatic nitrogens is 8. The van der Waals surface area contributed by atoms with Crippen molar-refractivity contribution < 1.29 is 14.3 Å². The lowest BCUT2D eigenvalue weighted by atomic mass is 9.95. The van der Waals surface area contributed by atoms with Crippen LogP contribution in [0.5, 0.6) is 11.5 Å². The highest BCUT2D eigenvalue weighted by Gasteiger charge is 2.22. The van der Waals surface area contributed by atoms with Gasteiger partial charge in [-0.25, -0.2) is 19.9 Å². The lowest BCUT2D eigenvalue weighted by Gasteiger charge is -2.18. The SMILES string of the molecule is COc1ccc(-c2ccccc2)cc1Nc1ncnc2[nH]nc(-c3cccc(-c4cc(-c5ccccc5)cc(Nc5ncnc6[nH]nc(-c7cccc(C(C)=O)c7)c56)c4OC)c3)c12. The summed E-state index contributed by atoms with van der Waals surface area (Å²) in [6.45, 7) is 1.54. The number of hydrogen-bond acceptors (Lipinski definition) is 11. The Kier molecular flexibility index (Phi) is 10.0. The van der Waals surface area contributed by atoms with Gasteiger partial charge in [-0.1, -0.05) is 103 Å². The normalized spacial score (nSPS) is 11.2. The summed E-state index contributed by atoms with van der Waals surface area (Å²) >= 11 is 0. The molecular formula is C50H38N10O3. The number of H-pyrrole nitrogens is 2. The number of fused-ring (bicyclic) bond motifs is 2. The number of rotatable bonds is 12. The Labute approximate surface area is 361 Å². The van der Waals surface area contributed by atoms with E-state index in [4.69, 9.17) is 24.5 Å². The molecule has 10 rings (SSSR count). The van der Waals surface area contributed by atoms with Gasteiger partial charge in [0.15, 0.2) is 17.1 Å². The van der Waals surface area contributed by atoms with Crippen LogP contribution in [-0.4, -0.2) is 60.3 Å². The number of Topliss-reactive ketones (excluding diaryl/α,β-unsaturated/α-hetero) is 1. The lowest BCUT2D eigenvalue weighted by molar-refractivity contribution is 0.101. The summed E-state index contributed by atoms with van der Waals surface area (Å²) in [5.41, 5.74) is 11.7. The Morgan fingerprint density at radius 1 is 0.508 bits per heavy atom. The molecule has 0 unspecified atom stereocenters. The lowest BCUT2D eigenvalue weighted by Crippen LogP contribution is -2.01. The third-order valence-electron chi connectivity index (χ3n) is 10.9. The fraction of sp³-hybridized carbons (Fsp3) is 0.0600. The average molecular weight is 827 g/mol. The maximum absolute atomic E-state index is 12.3. The van der Waals surface area contributed by atoms with Crippen LogP contribution in [0.15, 0.2) is 152 Å². The molecule has 0 saturated carbocycles. The van der Waals surface area contributed by atoms with Gasteiger partial charge in [0.1, 0.15) is 47.2 Å². The van der Waals surface area contributed by atoms with Gasteiger partial charge in [0, 0.05) is 22.3 Å². The summed E-state index contributed by atoms with van der Waals surface area (Å²) in [6.07, 6.45) is 2.99. The Morgan fingerprint density at radius 2 is 1.06 bits per heavy atom. The molecule has 63 heavy (non-hydrogen) atoms. The number of carbonyl (C=O) groups is 1. The highest BCUT2D eigenvalue weighted by atomic mass is 16.5. The molecule has 6 aromatic carbocycles. The smallest absolute Gasteiger partial charge is 0.161 e. The van der Waals surface area contributed by atoms with Gasteiger partial charge in [-0.3, -0.25) is 15.0 Å². The molecule has 4 N–H and O–H groups in total. The van der Waals surface area contributed by atoms with E-state index in [-0.39, 0.29) is 5.78 Å². The van der Waals surface area contributed by atoms with E-state index in [2.05, 4.69) is 72.3 Å². The van der Waals surface area contributed by atoms with Crippen LogP contribution in [0.4, 0.5) is 23.0 Å². The first kappa shape index (κ1) is 38.5. The van der Waals surface area contributed by atoms with Crippen LogP contribution in [0, 0.1) is 0 Å². The molecule has 306 valence electrons. The first-order valence-electron chi connectivity index (χ1n) is 20.1. The first-order chi connectivity index (χ1) is 30.9. The predicted octanol–water partition coefficient (Wildman–Crippen LogP) is 11.1. The Morgan fingerprint density at radius 3 is 1.68 bits per heavy atom. The van der Waals surface area contributed by atoms with E-state index in [1.54, 1.807) is 27.2 Å². The van der Waals surface area contributed by atoms with Crippen molar-refractivity contribution in [3.05, 3.63) is 158 Å². The summed E-state index contributed by atoms with van der Waals surface area (Å²) < 4.78 is 12.0. The monoisotopic (exact) mass is 826 g/mol. The molecule has 0 atom stereocenters. The average Bonchev–Trinajstić information content (AvgIpc) is 3.98.